The fraction of sp³-hybridized carbons (Fsp3) is 0.333. The predicted octanol–water partition coefficient (Wildman–Crippen LogP) is 2.41. The van der Waals surface area contributed by atoms with E-state index in [9.17, 15) is 4.79 Å². The Kier molecular flexibility index (Phi) is 5.39. The standard InChI is InChI=1S/C15H17N7OS2/c1-4-11-18-20-14(25-11)17-13(23)9(2)24-15-21-19-12(22(15)3)10-5-7-16-8-6-10/h5-9H,4H2,1-3H3,(H,17,20,23)/t9-/m1/s1. The van der Waals surface area contributed by atoms with Gasteiger partial charge in [-0.2, -0.15) is 0 Å². The fourth-order valence-corrected chi connectivity index (χ4v) is 3.53. The molecule has 0 aliphatic heterocycles. The molecule has 0 aromatic carbocycles. The molecule has 10 heteroatoms. The number of nitrogens with one attached hydrogen (secondary N) is 1. The summed E-state index contributed by atoms with van der Waals surface area (Å²) in [5.41, 5.74) is 0.926. The molecule has 1 atom stereocenters. The molecular weight excluding hydrogens is 358 g/mol. The number of carbonyl (C=O) groups is 1. The summed E-state index contributed by atoms with van der Waals surface area (Å²) >= 11 is 2.73. The van der Waals surface area contributed by atoms with Gasteiger partial charge in [0.05, 0.1) is 5.25 Å². The Morgan fingerprint density at radius 1 is 1.28 bits per heavy atom. The zero-order valence-electron chi connectivity index (χ0n) is 14.0. The number of nitrogens with zero attached hydrogens (tertiary/aromatic N) is 6. The Bertz CT molecular complexity index is 862. The highest BCUT2D eigenvalue weighted by Crippen LogP contribution is 2.26. The molecule has 8 nitrogen and oxygen atoms in total. The monoisotopic (exact) mass is 375 g/mol. The number of rotatable bonds is 6. The molecule has 0 saturated heterocycles. The van der Waals surface area contributed by atoms with Crippen LogP contribution >= 0.6 is 23.1 Å². The van der Waals surface area contributed by atoms with E-state index >= 15 is 0 Å². The predicted molar refractivity (Wildman–Crippen MR) is 97.5 cm³/mol. The minimum Gasteiger partial charge on any atom is -0.305 e. The number of hydrogen-bond donors (Lipinski definition) is 1. The molecule has 1 N–H and O–H groups in total. The van der Waals surface area contributed by atoms with Gasteiger partial charge in [0, 0.05) is 25.0 Å². The lowest BCUT2D eigenvalue weighted by molar-refractivity contribution is -0.115. The van der Waals surface area contributed by atoms with Crippen molar-refractivity contribution in [3.63, 3.8) is 0 Å². The van der Waals surface area contributed by atoms with Crippen LogP contribution < -0.4 is 5.32 Å². The number of thioether (sulfide) groups is 1. The molecule has 3 rings (SSSR count). The SMILES string of the molecule is CCc1nnc(NC(=O)[C@@H](C)Sc2nnc(-c3ccncc3)n2C)s1. The summed E-state index contributed by atoms with van der Waals surface area (Å²) in [5.74, 6) is 0.589. The third kappa shape index (κ3) is 4.02. The smallest absolute Gasteiger partial charge is 0.239 e. The minimum atomic E-state index is -0.345. The van der Waals surface area contributed by atoms with Gasteiger partial charge in [-0.1, -0.05) is 30.0 Å². The summed E-state index contributed by atoms with van der Waals surface area (Å²) in [6.45, 7) is 3.82. The van der Waals surface area contributed by atoms with Gasteiger partial charge in [-0.3, -0.25) is 15.1 Å². The molecule has 0 bridgehead atoms. The van der Waals surface area contributed by atoms with Gasteiger partial charge in [0.15, 0.2) is 11.0 Å². The van der Waals surface area contributed by atoms with E-state index in [1.807, 2.05) is 37.6 Å². The van der Waals surface area contributed by atoms with Gasteiger partial charge in [-0.15, -0.1) is 20.4 Å². The summed E-state index contributed by atoms with van der Waals surface area (Å²) in [6, 6.07) is 3.74. The maximum absolute atomic E-state index is 12.3. The molecule has 130 valence electrons. The zero-order valence-corrected chi connectivity index (χ0v) is 15.6. The summed E-state index contributed by atoms with van der Waals surface area (Å²) in [6.07, 6.45) is 4.22. The maximum atomic E-state index is 12.3. The van der Waals surface area contributed by atoms with Crippen molar-refractivity contribution in [2.45, 2.75) is 30.7 Å². The number of amides is 1. The average Bonchev–Trinajstić information content (AvgIpc) is 3.22. The van der Waals surface area contributed by atoms with Gasteiger partial charge < -0.3 is 4.57 Å². The second-order valence-corrected chi connectivity index (χ2v) is 7.57. The number of aryl methyl sites for hydroxylation is 1. The van der Waals surface area contributed by atoms with E-state index in [0.29, 0.717) is 10.3 Å². The number of aromatic nitrogens is 6. The van der Waals surface area contributed by atoms with E-state index in [4.69, 9.17) is 0 Å². The molecule has 0 aliphatic rings. The lowest BCUT2D eigenvalue weighted by atomic mass is 10.2. The van der Waals surface area contributed by atoms with Crippen LogP contribution in [0.2, 0.25) is 0 Å². The quantitative estimate of drug-likeness (QED) is 0.661. The summed E-state index contributed by atoms with van der Waals surface area (Å²) in [5, 5.41) is 20.9. The molecule has 0 unspecified atom stereocenters. The van der Waals surface area contributed by atoms with Crippen molar-refractivity contribution in [1.82, 2.24) is 29.9 Å². The molecule has 0 aliphatic carbocycles. The number of carbonyl (C=O) groups excluding carboxylic acids is 1. The van der Waals surface area contributed by atoms with E-state index in [2.05, 4.69) is 30.7 Å². The van der Waals surface area contributed by atoms with Crippen LogP contribution in [0.4, 0.5) is 5.13 Å². The number of anilines is 1. The molecular formula is C15H17N7OS2. The average molecular weight is 375 g/mol. The lowest BCUT2D eigenvalue weighted by Gasteiger charge is -2.09. The van der Waals surface area contributed by atoms with Gasteiger partial charge in [0.25, 0.3) is 0 Å². The first-order valence-electron chi connectivity index (χ1n) is 7.68. The van der Waals surface area contributed by atoms with Crippen molar-refractivity contribution >= 4 is 34.1 Å². The van der Waals surface area contributed by atoms with E-state index < -0.39 is 0 Å². The van der Waals surface area contributed by atoms with Crippen LogP contribution in [0.3, 0.4) is 0 Å². The van der Waals surface area contributed by atoms with Crippen LogP contribution in [0.25, 0.3) is 11.4 Å². The van der Waals surface area contributed by atoms with Gasteiger partial charge >= 0.3 is 0 Å². The first-order chi connectivity index (χ1) is 12.1. The van der Waals surface area contributed by atoms with Crippen LogP contribution in [-0.2, 0) is 18.3 Å². The van der Waals surface area contributed by atoms with Crippen LogP contribution in [0.5, 0.6) is 0 Å². The first-order valence-corrected chi connectivity index (χ1v) is 9.37. The topological polar surface area (TPSA) is 98.5 Å². The molecule has 0 spiro atoms. The Morgan fingerprint density at radius 2 is 2.04 bits per heavy atom. The normalized spacial score (nSPS) is 12.1. The van der Waals surface area contributed by atoms with Gasteiger partial charge in [0.1, 0.15) is 5.01 Å². The summed E-state index contributed by atoms with van der Waals surface area (Å²) < 4.78 is 1.86. The van der Waals surface area contributed by atoms with Crippen LogP contribution in [0, 0.1) is 0 Å². The third-order valence-corrected chi connectivity index (χ3v) is 5.54. The van der Waals surface area contributed by atoms with Gasteiger partial charge in [-0.05, 0) is 25.5 Å². The molecule has 25 heavy (non-hydrogen) atoms. The molecule has 3 aromatic rings. The van der Waals surface area contributed by atoms with Crippen molar-refractivity contribution in [3.8, 4) is 11.4 Å². The van der Waals surface area contributed by atoms with E-state index in [0.717, 1.165) is 22.8 Å². The third-order valence-electron chi connectivity index (χ3n) is 3.42. The largest absolute Gasteiger partial charge is 0.305 e. The number of hydrogen-bond acceptors (Lipinski definition) is 8. The Morgan fingerprint density at radius 3 is 2.72 bits per heavy atom. The van der Waals surface area contributed by atoms with Crippen molar-refractivity contribution in [2.75, 3.05) is 5.32 Å². The van der Waals surface area contributed by atoms with Crippen LogP contribution in [0.15, 0.2) is 29.7 Å². The second kappa shape index (κ2) is 7.70. The molecule has 3 heterocycles. The van der Waals surface area contributed by atoms with Crippen LogP contribution in [-0.4, -0.2) is 41.1 Å². The molecule has 0 saturated carbocycles. The minimum absolute atomic E-state index is 0.141. The Balaban J connectivity index is 1.67. The van der Waals surface area contributed by atoms with Crippen LogP contribution in [0.1, 0.15) is 18.9 Å². The second-order valence-electron chi connectivity index (χ2n) is 5.20. The number of pyridine rings is 1. The highest BCUT2D eigenvalue weighted by atomic mass is 32.2. The van der Waals surface area contributed by atoms with Gasteiger partial charge in [-0.25, -0.2) is 0 Å². The maximum Gasteiger partial charge on any atom is 0.239 e. The molecule has 0 radical (unpaired) electrons. The van der Waals surface area contributed by atoms with Crippen molar-refractivity contribution < 1.29 is 4.79 Å². The Labute approximate surface area is 153 Å². The summed E-state index contributed by atoms with van der Waals surface area (Å²) in [7, 11) is 1.88. The fourth-order valence-electron chi connectivity index (χ4n) is 2.04. The molecule has 1 amide bonds. The highest BCUT2D eigenvalue weighted by molar-refractivity contribution is 8.00. The molecule has 0 fully saturated rings. The summed E-state index contributed by atoms with van der Waals surface area (Å²) in [4.78, 5) is 16.3. The zero-order chi connectivity index (χ0) is 17.8. The molecule has 3 aromatic heterocycles. The van der Waals surface area contributed by atoms with Gasteiger partial charge in [0.2, 0.25) is 11.0 Å². The van der Waals surface area contributed by atoms with E-state index in [-0.39, 0.29) is 11.2 Å². The Hall–Kier alpha value is -2.33. The first kappa shape index (κ1) is 17.5. The van der Waals surface area contributed by atoms with Crippen molar-refractivity contribution in [2.24, 2.45) is 7.05 Å². The van der Waals surface area contributed by atoms with E-state index in [1.54, 1.807) is 12.4 Å². The highest BCUT2D eigenvalue weighted by Gasteiger charge is 2.20. The van der Waals surface area contributed by atoms with Crippen molar-refractivity contribution in [1.29, 1.82) is 0 Å². The lowest BCUT2D eigenvalue weighted by Crippen LogP contribution is -2.22. The van der Waals surface area contributed by atoms with Crippen molar-refractivity contribution in [3.05, 3.63) is 29.5 Å². The van der Waals surface area contributed by atoms with E-state index in [1.165, 1.54) is 23.1 Å².